The molecule has 1 amide bonds. The highest BCUT2D eigenvalue weighted by Gasteiger charge is 2.27. The third-order valence-corrected chi connectivity index (χ3v) is 4.76. The number of hydrogen-bond donors (Lipinski definition) is 1. The van der Waals surface area contributed by atoms with Crippen molar-refractivity contribution in [2.45, 2.75) is 19.4 Å². The maximum absolute atomic E-state index is 12.0. The Balaban J connectivity index is 2.47. The van der Waals surface area contributed by atoms with Crippen LogP contribution in [0.3, 0.4) is 0 Å². The van der Waals surface area contributed by atoms with E-state index in [0.29, 0.717) is 26.2 Å². The van der Waals surface area contributed by atoms with Crippen LogP contribution in [0, 0.1) is 0 Å². The van der Waals surface area contributed by atoms with Crippen LogP contribution < -0.4 is 5.32 Å². The summed E-state index contributed by atoms with van der Waals surface area (Å²) in [4.78, 5) is 13.7. The molecule has 1 N–H and O–H groups in total. The number of nitrogens with zero attached hydrogens (tertiary/aromatic N) is 1. The van der Waals surface area contributed by atoms with Gasteiger partial charge in [-0.25, -0.2) is 8.42 Å². The molecule has 0 aromatic carbocycles. The van der Waals surface area contributed by atoms with Crippen molar-refractivity contribution in [1.82, 2.24) is 10.2 Å². The quantitative estimate of drug-likeness (QED) is 0.692. The summed E-state index contributed by atoms with van der Waals surface area (Å²) in [6.07, 6.45) is 0.233. The van der Waals surface area contributed by atoms with Crippen molar-refractivity contribution >= 4 is 15.7 Å². The molecule has 6 nitrogen and oxygen atoms in total. The third-order valence-electron chi connectivity index (χ3n) is 3.02. The summed E-state index contributed by atoms with van der Waals surface area (Å²) in [6.45, 7) is 3.99. The first-order valence-corrected chi connectivity index (χ1v) is 8.01. The fourth-order valence-electron chi connectivity index (χ4n) is 2.00. The van der Waals surface area contributed by atoms with Gasteiger partial charge in [-0.3, -0.25) is 4.79 Å². The number of sulfone groups is 1. The maximum Gasteiger partial charge on any atom is 0.224 e. The Kier molecular flexibility index (Phi) is 6.04. The van der Waals surface area contributed by atoms with Crippen molar-refractivity contribution in [3.05, 3.63) is 0 Å². The molecule has 1 atom stereocenters. The van der Waals surface area contributed by atoms with E-state index in [2.05, 4.69) is 5.32 Å². The lowest BCUT2D eigenvalue weighted by Crippen LogP contribution is -2.48. The van der Waals surface area contributed by atoms with Gasteiger partial charge in [-0.05, 0) is 6.92 Å². The van der Waals surface area contributed by atoms with Crippen LogP contribution in [0.1, 0.15) is 13.3 Å². The zero-order valence-corrected chi connectivity index (χ0v) is 11.8. The number of carbonyl (C=O) groups excluding carboxylic acids is 1. The number of rotatable bonds is 6. The Morgan fingerprint density at radius 2 is 2.22 bits per heavy atom. The monoisotopic (exact) mass is 278 g/mol. The van der Waals surface area contributed by atoms with Crippen LogP contribution in [0.5, 0.6) is 0 Å². The lowest BCUT2D eigenvalue weighted by molar-refractivity contribution is -0.132. The highest BCUT2D eigenvalue weighted by molar-refractivity contribution is 7.91. The number of ether oxygens (including phenoxy) is 1. The molecular weight excluding hydrogens is 256 g/mol. The van der Waals surface area contributed by atoms with E-state index in [1.807, 2.05) is 6.92 Å². The van der Waals surface area contributed by atoms with Gasteiger partial charge in [-0.15, -0.1) is 0 Å². The van der Waals surface area contributed by atoms with Crippen molar-refractivity contribution in [3.8, 4) is 0 Å². The predicted octanol–water partition coefficient (Wildman–Crippen LogP) is -0.742. The van der Waals surface area contributed by atoms with Gasteiger partial charge in [0.15, 0.2) is 9.84 Å². The fraction of sp³-hybridized carbons (Fsp3) is 0.909. The molecule has 0 saturated carbocycles. The minimum absolute atomic E-state index is 0.0239. The molecule has 1 aliphatic heterocycles. The van der Waals surface area contributed by atoms with Crippen LogP contribution in [-0.2, 0) is 19.4 Å². The molecule has 1 heterocycles. The van der Waals surface area contributed by atoms with Crippen molar-refractivity contribution in [2.24, 2.45) is 0 Å². The zero-order chi connectivity index (χ0) is 13.6. The number of amides is 1. The average molecular weight is 278 g/mol. The van der Waals surface area contributed by atoms with Crippen LogP contribution >= 0.6 is 0 Å². The Labute approximate surface area is 109 Å². The molecule has 0 radical (unpaired) electrons. The molecule has 0 bridgehead atoms. The first-order valence-electron chi connectivity index (χ1n) is 6.19. The van der Waals surface area contributed by atoms with Gasteiger partial charge in [-0.2, -0.15) is 0 Å². The summed E-state index contributed by atoms with van der Waals surface area (Å²) in [7, 11) is -1.39. The van der Waals surface area contributed by atoms with Crippen molar-refractivity contribution in [1.29, 1.82) is 0 Å². The minimum atomic E-state index is -2.98. The van der Waals surface area contributed by atoms with Crippen LogP contribution in [0.4, 0.5) is 0 Å². The van der Waals surface area contributed by atoms with Gasteiger partial charge in [0.2, 0.25) is 5.91 Å². The number of carbonyl (C=O) groups is 1. The lowest BCUT2D eigenvalue weighted by atomic mass is 10.2. The van der Waals surface area contributed by atoms with Crippen molar-refractivity contribution in [3.63, 3.8) is 0 Å². The van der Waals surface area contributed by atoms with Gasteiger partial charge in [0, 0.05) is 39.2 Å². The van der Waals surface area contributed by atoms with E-state index in [4.69, 9.17) is 4.74 Å². The van der Waals surface area contributed by atoms with Crippen LogP contribution in [0.15, 0.2) is 0 Å². The largest absolute Gasteiger partial charge is 0.383 e. The van der Waals surface area contributed by atoms with Gasteiger partial charge < -0.3 is 15.0 Å². The first-order chi connectivity index (χ1) is 8.48. The summed E-state index contributed by atoms with van der Waals surface area (Å²) < 4.78 is 27.9. The highest BCUT2D eigenvalue weighted by atomic mass is 32.2. The summed E-state index contributed by atoms with van der Waals surface area (Å²) >= 11 is 0. The van der Waals surface area contributed by atoms with E-state index >= 15 is 0 Å². The maximum atomic E-state index is 12.0. The summed E-state index contributed by atoms with van der Waals surface area (Å²) in [5.74, 6) is 0.198. The second-order valence-corrected chi connectivity index (χ2v) is 6.66. The van der Waals surface area contributed by atoms with Crippen LogP contribution in [-0.4, -0.2) is 70.1 Å². The van der Waals surface area contributed by atoms with Gasteiger partial charge in [-0.1, -0.05) is 0 Å². The number of nitrogens with one attached hydrogen (secondary N) is 1. The number of likely N-dealkylation sites (N-methyl/N-ethyl adjacent to an activating group) is 1. The summed E-state index contributed by atoms with van der Waals surface area (Å²) in [6, 6.07) is -0.257. The van der Waals surface area contributed by atoms with E-state index in [9.17, 15) is 13.2 Å². The Bertz CT molecular complexity index is 369. The van der Waals surface area contributed by atoms with E-state index in [1.165, 1.54) is 0 Å². The van der Waals surface area contributed by atoms with Gasteiger partial charge >= 0.3 is 0 Å². The SMILES string of the molecule is CCN(CCOC)C(=O)CC1CS(=O)(=O)CCN1. The standard InChI is InChI=1S/C11H22N2O4S/c1-3-13(5-6-17-2)11(14)8-10-9-18(15,16)7-4-12-10/h10,12H,3-9H2,1-2H3. The topological polar surface area (TPSA) is 75.7 Å². The zero-order valence-electron chi connectivity index (χ0n) is 11.0. The molecule has 18 heavy (non-hydrogen) atoms. The molecule has 1 saturated heterocycles. The molecular formula is C11H22N2O4S. The fourth-order valence-corrected chi connectivity index (χ4v) is 3.44. The normalized spacial score (nSPS) is 22.7. The molecule has 1 fully saturated rings. The first kappa shape index (κ1) is 15.4. The lowest BCUT2D eigenvalue weighted by Gasteiger charge is -2.26. The van der Waals surface area contributed by atoms with Crippen LogP contribution in [0.25, 0.3) is 0 Å². The second kappa shape index (κ2) is 7.06. The molecule has 106 valence electrons. The minimum Gasteiger partial charge on any atom is -0.383 e. The molecule has 7 heteroatoms. The van der Waals surface area contributed by atoms with E-state index < -0.39 is 9.84 Å². The van der Waals surface area contributed by atoms with Crippen molar-refractivity contribution in [2.75, 3.05) is 44.9 Å². The van der Waals surface area contributed by atoms with Crippen molar-refractivity contribution < 1.29 is 17.9 Å². The van der Waals surface area contributed by atoms with E-state index in [1.54, 1.807) is 12.0 Å². The second-order valence-electron chi connectivity index (χ2n) is 4.44. The molecule has 0 aliphatic carbocycles. The number of hydrogen-bond acceptors (Lipinski definition) is 5. The molecule has 1 aliphatic rings. The predicted molar refractivity (Wildman–Crippen MR) is 69.2 cm³/mol. The average Bonchev–Trinajstić information content (AvgIpc) is 2.28. The highest BCUT2D eigenvalue weighted by Crippen LogP contribution is 2.07. The Hall–Kier alpha value is -0.660. The Morgan fingerprint density at radius 1 is 1.50 bits per heavy atom. The summed E-state index contributed by atoms with van der Waals surface area (Å²) in [5, 5.41) is 3.08. The van der Waals surface area contributed by atoms with E-state index in [-0.39, 0.29) is 29.9 Å². The van der Waals surface area contributed by atoms with Gasteiger partial charge in [0.25, 0.3) is 0 Å². The van der Waals surface area contributed by atoms with Crippen LogP contribution in [0.2, 0.25) is 0 Å². The van der Waals surface area contributed by atoms with Gasteiger partial charge in [0.1, 0.15) is 0 Å². The van der Waals surface area contributed by atoms with Gasteiger partial charge in [0.05, 0.1) is 18.1 Å². The molecule has 1 unspecified atom stereocenters. The smallest absolute Gasteiger partial charge is 0.224 e. The molecule has 1 rings (SSSR count). The third kappa shape index (κ3) is 4.91. The number of methoxy groups -OCH3 is 1. The van der Waals surface area contributed by atoms with E-state index in [0.717, 1.165) is 0 Å². The Morgan fingerprint density at radius 3 is 2.78 bits per heavy atom. The molecule has 0 spiro atoms. The molecule has 0 aromatic rings. The summed E-state index contributed by atoms with van der Waals surface area (Å²) in [5.41, 5.74) is 0. The molecule has 0 aromatic heterocycles.